The van der Waals surface area contributed by atoms with Gasteiger partial charge in [0.15, 0.2) is 0 Å². The number of benzene rings is 1. The van der Waals surface area contributed by atoms with Crippen LogP contribution in [0.1, 0.15) is 24.1 Å². The highest BCUT2D eigenvalue weighted by atomic mass is 32.1. The second kappa shape index (κ2) is 8.93. The molecule has 2 amide bonds. The van der Waals surface area contributed by atoms with Crippen molar-refractivity contribution in [3.8, 4) is 0 Å². The zero-order chi connectivity index (χ0) is 21.1. The molecule has 9 heteroatoms. The van der Waals surface area contributed by atoms with Crippen LogP contribution in [0, 0.1) is 5.82 Å². The van der Waals surface area contributed by atoms with Gasteiger partial charge in [-0.2, -0.15) is 5.10 Å². The molecule has 2 aromatic rings. The van der Waals surface area contributed by atoms with Gasteiger partial charge in [-0.15, -0.1) is 11.3 Å². The number of rotatable bonds is 7. The number of primary amides is 1. The first-order valence-electron chi connectivity index (χ1n) is 9.86. The van der Waals surface area contributed by atoms with Gasteiger partial charge in [0.2, 0.25) is 5.91 Å². The Labute approximate surface area is 177 Å². The smallest absolute Gasteiger partial charge is 0.270 e. The highest BCUT2D eigenvalue weighted by Gasteiger charge is 2.37. The first kappa shape index (κ1) is 20.5. The molecule has 0 radical (unpaired) electrons. The van der Waals surface area contributed by atoms with E-state index in [2.05, 4.69) is 5.10 Å². The topological polar surface area (TPSA) is 88.2 Å². The maximum absolute atomic E-state index is 13.4. The van der Waals surface area contributed by atoms with Crippen molar-refractivity contribution in [1.82, 2.24) is 4.90 Å². The first-order valence-corrected chi connectivity index (χ1v) is 10.7. The lowest BCUT2D eigenvalue weighted by Crippen LogP contribution is -2.42. The van der Waals surface area contributed by atoms with Crippen LogP contribution in [0.2, 0.25) is 0 Å². The van der Waals surface area contributed by atoms with Crippen LogP contribution in [0.3, 0.4) is 0 Å². The zero-order valence-corrected chi connectivity index (χ0v) is 17.2. The Balaban J connectivity index is 1.58. The number of hydrazone groups is 1. The number of nitrogens with zero attached hydrogens (tertiary/aromatic N) is 3. The van der Waals surface area contributed by atoms with Gasteiger partial charge in [0.25, 0.3) is 5.91 Å². The number of anilines is 1. The lowest BCUT2D eigenvalue weighted by Gasteiger charge is -2.25. The van der Waals surface area contributed by atoms with E-state index in [1.54, 1.807) is 16.2 Å². The predicted octanol–water partition coefficient (Wildman–Crippen LogP) is 2.52. The molecular formula is C21H23FN4O3S. The first-order chi connectivity index (χ1) is 14.5. The summed E-state index contributed by atoms with van der Waals surface area (Å²) in [5.74, 6) is -1.22. The van der Waals surface area contributed by atoms with Crippen LogP contribution in [0.4, 0.5) is 10.1 Å². The molecule has 0 bridgehead atoms. The fourth-order valence-electron chi connectivity index (χ4n) is 3.72. The minimum absolute atomic E-state index is 0.00365. The number of nitrogens with two attached hydrogens (primary N) is 1. The largest absolute Gasteiger partial charge is 0.376 e. The van der Waals surface area contributed by atoms with Crippen molar-refractivity contribution in [1.29, 1.82) is 0 Å². The van der Waals surface area contributed by atoms with Crippen LogP contribution in [-0.2, 0) is 20.9 Å². The predicted molar refractivity (Wildman–Crippen MR) is 113 cm³/mol. The van der Waals surface area contributed by atoms with E-state index in [-0.39, 0.29) is 24.1 Å². The lowest BCUT2D eigenvalue weighted by molar-refractivity contribution is -0.126. The number of hydrogen-bond acceptors (Lipinski definition) is 6. The van der Waals surface area contributed by atoms with E-state index in [1.807, 2.05) is 17.5 Å². The van der Waals surface area contributed by atoms with Gasteiger partial charge < -0.3 is 15.4 Å². The third-order valence-corrected chi connectivity index (χ3v) is 6.10. The van der Waals surface area contributed by atoms with Crippen LogP contribution in [0.5, 0.6) is 0 Å². The molecule has 4 rings (SSSR count). The number of ether oxygens (including phenoxy) is 1. The normalized spacial score (nSPS) is 21.0. The van der Waals surface area contributed by atoms with Crippen molar-refractivity contribution < 1.29 is 18.7 Å². The summed E-state index contributed by atoms with van der Waals surface area (Å²) in [6.45, 7) is 1.62. The van der Waals surface area contributed by atoms with E-state index in [0.717, 1.165) is 17.7 Å². The van der Waals surface area contributed by atoms with E-state index in [1.165, 1.54) is 29.3 Å². The molecule has 30 heavy (non-hydrogen) atoms. The molecule has 1 fully saturated rings. The van der Waals surface area contributed by atoms with Crippen molar-refractivity contribution in [3.63, 3.8) is 0 Å². The van der Waals surface area contributed by atoms with Crippen molar-refractivity contribution in [2.45, 2.75) is 38.0 Å². The van der Waals surface area contributed by atoms with E-state index in [4.69, 9.17) is 10.5 Å². The highest BCUT2D eigenvalue weighted by molar-refractivity contribution is 7.09. The molecule has 158 valence electrons. The van der Waals surface area contributed by atoms with Gasteiger partial charge in [0.05, 0.1) is 18.3 Å². The zero-order valence-electron chi connectivity index (χ0n) is 16.4. The van der Waals surface area contributed by atoms with Crippen LogP contribution < -0.4 is 10.7 Å². The number of halogens is 1. The highest BCUT2D eigenvalue weighted by Crippen LogP contribution is 2.26. The number of carbonyl (C=O) groups excluding carboxylic acids is 2. The summed E-state index contributed by atoms with van der Waals surface area (Å²) < 4.78 is 19.0. The Kier molecular flexibility index (Phi) is 6.10. The van der Waals surface area contributed by atoms with Gasteiger partial charge in [-0.3, -0.25) is 14.6 Å². The van der Waals surface area contributed by atoms with Crippen molar-refractivity contribution in [2.75, 3.05) is 18.2 Å². The van der Waals surface area contributed by atoms with E-state index >= 15 is 0 Å². The fourth-order valence-corrected chi connectivity index (χ4v) is 4.44. The Morgan fingerprint density at radius 2 is 2.10 bits per heavy atom. The summed E-state index contributed by atoms with van der Waals surface area (Å²) in [6.07, 6.45) is 2.00. The third-order valence-electron chi connectivity index (χ3n) is 5.24. The van der Waals surface area contributed by atoms with Crippen molar-refractivity contribution >= 4 is 34.6 Å². The molecular weight excluding hydrogens is 407 g/mol. The monoisotopic (exact) mass is 430 g/mol. The molecule has 3 heterocycles. The molecule has 0 saturated carbocycles. The van der Waals surface area contributed by atoms with Gasteiger partial charge in [-0.1, -0.05) is 6.07 Å². The summed E-state index contributed by atoms with van der Waals surface area (Å²) in [4.78, 5) is 28.2. The molecule has 0 aliphatic carbocycles. The van der Waals surface area contributed by atoms with Gasteiger partial charge in [0, 0.05) is 24.4 Å². The van der Waals surface area contributed by atoms with Crippen LogP contribution >= 0.6 is 11.3 Å². The van der Waals surface area contributed by atoms with Gasteiger partial charge in [-0.25, -0.2) is 4.39 Å². The summed E-state index contributed by atoms with van der Waals surface area (Å²) in [5, 5.41) is 7.79. The summed E-state index contributed by atoms with van der Waals surface area (Å²) in [6, 6.07) is 8.72. The summed E-state index contributed by atoms with van der Waals surface area (Å²) in [7, 11) is 0. The molecule has 0 spiro atoms. The number of thiophene rings is 1. The molecule has 1 aromatic carbocycles. The van der Waals surface area contributed by atoms with Crippen molar-refractivity contribution in [3.05, 3.63) is 52.5 Å². The average molecular weight is 431 g/mol. The second-order valence-electron chi connectivity index (χ2n) is 7.39. The molecule has 2 atom stereocenters. The number of amides is 2. The Hall–Kier alpha value is -2.78. The Bertz CT molecular complexity index is 926. The van der Waals surface area contributed by atoms with Crippen molar-refractivity contribution in [2.24, 2.45) is 10.8 Å². The van der Waals surface area contributed by atoms with Crippen LogP contribution in [0.25, 0.3) is 0 Å². The summed E-state index contributed by atoms with van der Waals surface area (Å²) >= 11 is 1.58. The fraction of sp³-hybridized carbons (Fsp3) is 0.381. The minimum atomic E-state index is -0.791. The minimum Gasteiger partial charge on any atom is -0.376 e. The van der Waals surface area contributed by atoms with E-state index in [9.17, 15) is 14.0 Å². The number of hydrogen-bond donors (Lipinski definition) is 1. The Morgan fingerprint density at radius 3 is 2.73 bits per heavy atom. The van der Waals surface area contributed by atoms with Gasteiger partial charge in [-0.05, 0) is 48.6 Å². The van der Waals surface area contributed by atoms with Crippen LogP contribution in [0.15, 0.2) is 46.9 Å². The van der Waals surface area contributed by atoms with Gasteiger partial charge >= 0.3 is 0 Å². The quantitative estimate of drug-likeness (QED) is 0.731. The third kappa shape index (κ3) is 4.52. The Morgan fingerprint density at radius 1 is 1.30 bits per heavy atom. The molecule has 2 unspecified atom stereocenters. The second-order valence-corrected chi connectivity index (χ2v) is 8.42. The molecule has 1 saturated heterocycles. The average Bonchev–Trinajstić information content (AvgIpc) is 3.49. The van der Waals surface area contributed by atoms with E-state index in [0.29, 0.717) is 25.4 Å². The molecule has 2 aliphatic heterocycles. The SMILES string of the molecule is NC(=O)C1CC(C(=O)N(Cc2cccs2)CC2CCCO2)=NN1c1ccc(F)cc1. The van der Waals surface area contributed by atoms with E-state index < -0.39 is 17.8 Å². The lowest BCUT2D eigenvalue weighted by atomic mass is 10.1. The van der Waals surface area contributed by atoms with Crippen LogP contribution in [-0.4, -0.2) is 47.7 Å². The standard InChI is InChI=1S/C21H23FN4O3S/c22-14-5-7-15(8-6-14)26-19(20(23)27)11-18(24-26)21(28)25(12-16-3-1-9-29-16)13-17-4-2-10-30-17/h2,4-8,10,16,19H,1,3,9,11-13H2,(H2,23,27). The molecule has 1 aromatic heterocycles. The maximum atomic E-state index is 13.4. The summed E-state index contributed by atoms with van der Waals surface area (Å²) in [5.41, 5.74) is 6.33. The molecule has 2 N–H and O–H groups in total. The molecule has 2 aliphatic rings. The van der Waals surface area contributed by atoms with Gasteiger partial charge in [0.1, 0.15) is 17.6 Å². The maximum Gasteiger partial charge on any atom is 0.270 e. The molecule has 7 nitrogen and oxygen atoms in total. The number of carbonyl (C=O) groups is 2.